The van der Waals surface area contributed by atoms with Gasteiger partial charge in [0.1, 0.15) is 5.75 Å². The number of ether oxygens (including phenoxy) is 1. The number of nitrogens with one attached hydrogen (secondary N) is 1. The van der Waals surface area contributed by atoms with Crippen LogP contribution in [0.4, 0.5) is 5.69 Å². The third-order valence-corrected chi connectivity index (χ3v) is 4.86. The predicted molar refractivity (Wildman–Crippen MR) is 112 cm³/mol. The van der Waals surface area contributed by atoms with Crippen molar-refractivity contribution < 1.29 is 9.53 Å². The molecule has 3 rings (SSSR count). The van der Waals surface area contributed by atoms with Crippen LogP contribution in [-0.4, -0.2) is 22.8 Å². The summed E-state index contributed by atoms with van der Waals surface area (Å²) in [7, 11) is 1.65. The Labute approximate surface area is 166 Å². The van der Waals surface area contributed by atoms with Gasteiger partial charge in [-0.1, -0.05) is 42.0 Å². The zero-order valence-corrected chi connectivity index (χ0v) is 17.0. The smallest absolute Gasteiger partial charge is 0.224 e. The van der Waals surface area contributed by atoms with Crippen molar-refractivity contribution in [2.75, 3.05) is 12.4 Å². The van der Waals surface area contributed by atoms with Crippen molar-refractivity contribution in [2.24, 2.45) is 0 Å². The van der Waals surface area contributed by atoms with Gasteiger partial charge in [0, 0.05) is 6.42 Å². The van der Waals surface area contributed by atoms with Crippen molar-refractivity contribution in [1.82, 2.24) is 9.78 Å². The van der Waals surface area contributed by atoms with E-state index in [1.165, 1.54) is 11.1 Å². The normalized spacial score (nSPS) is 10.7. The Morgan fingerprint density at radius 1 is 1.07 bits per heavy atom. The third kappa shape index (κ3) is 4.80. The third-order valence-electron chi connectivity index (χ3n) is 4.86. The molecule has 5 heteroatoms. The molecule has 3 aromatic rings. The molecule has 0 radical (unpaired) electrons. The van der Waals surface area contributed by atoms with Crippen LogP contribution < -0.4 is 10.1 Å². The molecule has 0 spiro atoms. The van der Waals surface area contributed by atoms with Gasteiger partial charge in [0.15, 0.2) is 0 Å². The van der Waals surface area contributed by atoms with E-state index in [4.69, 9.17) is 4.74 Å². The van der Waals surface area contributed by atoms with Gasteiger partial charge >= 0.3 is 0 Å². The largest absolute Gasteiger partial charge is 0.497 e. The molecule has 1 heterocycles. The van der Waals surface area contributed by atoms with Crippen LogP contribution in [0.5, 0.6) is 5.75 Å². The number of aromatic nitrogens is 2. The second kappa shape index (κ2) is 8.74. The highest BCUT2D eigenvalue weighted by atomic mass is 16.5. The van der Waals surface area contributed by atoms with Crippen molar-refractivity contribution in [2.45, 2.75) is 40.2 Å². The van der Waals surface area contributed by atoms with Gasteiger partial charge in [-0.2, -0.15) is 5.10 Å². The molecule has 28 heavy (non-hydrogen) atoms. The number of anilines is 1. The molecule has 0 bridgehead atoms. The summed E-state index contributed by atoms with van der Waals surface area (Å²) in [5.74, 6) is 0.817. The van der Waals surface area contributed by atoms with Crippen LogP contribution >= 0.6 is 0 Å². The molecule has 1 aromatic heterocycles. The number of amides is 1. The quantitative estimate of drug-likeness (QED) is 0.662. The van der Waals surface area contributed by atoms with E-state index in [2.05, 4.69) is 41.6 Å². The monoisotopic (exact) mass is 377 g/mol. The maximum Gasteiger partial charge on any atom is 0.224 e. The molecule has 0 saturated carbocycles. The molecule has 0 aliphatic rings. The second-order valence-corrected chi connectivity index (χ2v) is 7.09. The number of rotatable bonds is 7. The van der Waals surface area contributed by atoms with Crippen LogP contribution in [0.15, 0.2) is 48.5 Å². The van der Waals surface area contributed by atoms with Crippen molar-refractivity contribution >= 4 is 11.6 Å². The van der Waals surface area contributed by atoms with Crippen molar-refractivity contribution in [3.63, 3.8) is 0 Å². The molecule has 1 N–H and O–H groups in total. The summed E-state index contributed by atoms with van der Waals surface area (Å²) in [5.41, 5.74) is 6.15. The fraction of sp³-hybridized carbons (Fsp3) is 0.304. The zero-order valence-electron chi connectivity index (χ0n) is 17.0. The van der Waals surface area contributed by atoms with Gasteiger partial charge in [-0.15, -0.1) is 0 Å². The van der Waals surface area contributed by atoms with Gasteiger partial charge in [0.2, 0.25) is 5.91 Å². The number of methoxy groups -OCH3 is 1. The maximum absolute atomic E-state index is 12.5. The molecule has 0 fully saturated rings. The first-order chi connectivity index (χ1) is 13.5. The zero-order chi connectivity index (χ0) is 20.1. The number of carbonyl (C=O) groups excluding carboxylic acids is 1. The Morgan fingerprint density at radius 3 is 2.50 bits per heavy atom. The lowest BCUT2D eigenvalue weighted by atomic mass is 10.1. The standard InChI is InChI=1S/C23H27N3O2/c1-16-6-5-7-20(14-16)15-26-18(3)23(17(2)25-26)24-22(27)13-10-19-8-11-21(28-4)12-9-19/h5-9,11-12,14H,10,13,15H2,1-4H3,(H,24,27). The molecule has 1 amide bonds. The molecular weight excluding hydrogens is 350 g/mol. The van der Waals surface area contributed by atoms with Crippen molar-refractivity contribution in [1.29, 1.82) is 0 Å². The number of aryl methyl sites for hydroxylation is 3. The van der Waals surface area contributed by atoms with Crippen LogP contribution in [0.25, 0.3) is 0 Å². The lowest BCUT2D eigenvalue weighted by molar-refractivity contribution is -0.116. The summed E-state index contributed by atoms with van der Waals surface area (Å²) in [4.78, 5) is 12.5. The topological polar surface area (TPSA) is 56.1 Å². The van der Waals surface area contributed by atoms with Gasteiger partial charge in [-0.25, -0.2) is 0 Å². The minimum atomic E-state index is -0.00266. The summed E-state index contributed by atoms with van der Waals surface area (Å²) >= 11 is 0. The Hall–Kier alpha value is -3.08. The minimum Gasteiger partial charge on any atom is -0.497 e. The van der Waals surface area contributed by atoms with Crippen LogP contribution in [-0.2, 0) is 17.8 Å². The molecule has 146 valence electrons. The number of hydrogen-bond donors (Lipinski definition) is 1. The SMILES string of the molecule is COc1ccc(CCC(=O)Nc2c(C)nn(Cc3cccc(C)c3)c2C)cc1. The van der Waals surface area contributed by atoms with E-state index in [-0.39, 0.29) is 5.91 Å². The highest BCUT2D eigenvalue weighted by Gasteiger charge is 2.14. The number of hydrogen-bond acceptors (Lipinski definition) is 3. The molecule has 0 unspecified atom stereocenters. The van der Waals surface area contributed by atoms with Gasteiger partial charge in [0.05, 0.1) is 30.7 Å². The van der Waals surface area contributed by atoms with Crippen LogP contribution in [0.2, 0.25) is 0 Å². The summed E-state index contributed by atoms with van der Waals surface area (Å²) in [6.07, 6.45) is 1.11. The lowest BCUT2D eigenvalue weighted by Crippen LogP contribution is -2.14. The summed E-state index contributed by atoms with van der Waals surface area (Å²) in [6, 6.07) is 16.2. The Kier molecular flexibility index (Phi) is 6.14. The molecule has 0 aliphatic carbocycles. The van der Waals surface area contributed by atoms with Gasteiger partial charge in [0.25, 0.3) is 0 Å². The Balaban J connectivity index is 1.63. The molecular formula is C23H27N3O2. The van der Waals surface area contributed by atoms with E-state index in [0.717, 1.165) is 28.4 Å². The molecule has 0 atom stereocenters. The average Bonchev–Trinajstić information content (AvgIpc) is 2.94. The summed E-state index contributed by atoms with van der Waals surface area (Å²) < 4.78 is 7.11. The van der Waals surface area contributed by atoms with E-state index >= 15 is 0 Å². The Bertz CT molecular complexity index is 958. The summed E-state index contributed by atoms with van der Waals surface area (Å²) in [6.45, 7) is 6.70. The van der Waals surface area contributed by atoms with Gasteiger partial charge in [-0.05, 0) is 50.5 Å². The minimum absolute atomic E-state index is 0.00266. The Morgan fingerprint density at radius 2 is 1.82 bits per heavy atom. The van der Waals surface area contributed by atoms with Gasteiger partial charge < -0.3 is 10.1 Å². The average molecular weight is 377 g/mol. The second-order valence-electron chi connectivity index (χ2n) is 7.09. The fourth-order valence-corrected chi connectivity index (χ4v) is 3.27. The fourth-order valence-electron chi connectivity index (χ4n) is 3.27. The molecule has 2 aromatic carbocycles. The number of carbonyl (C=O) groups is 1. The van der Waals surface area contributed by atoms with Crippen molar-refractivity contribution in [3.8, 4) is 5.75 Å². The van der Waals surface area contributed by atoms with E-state index in [1.54, 1.807) is 7.11 Å². The van der Waals surface area contributed by atoms with E-state index in [0.29, 0.717) is 19.4 Å². The summed E-state index contributed by atoms with van der Waals surface area (Å²) in [5, 5.41) is 7.66. The van der Waals surface area contributed by atoms with Crippen molar-refractivity contribution in [3.05, 3.63) is 76.6 Å². The first kappa shape index (κ1) is 19.7. The predicted octanol–water partition coefficient (Wildman–Crippen LogP) is 4.44. The van der Waals surface area contributed by atoms with Gasteiger partial charge in [-0.3, -0.25) is 9.48 Å². The van der Waals surface area contributed by atoms with Crippen LogP contribution in [0.3, 0.4) is 0 Å². The highest BCUT2D eigenvalue weighted by Crippen LogP contribution is 2.21. The maximum atomic E-state index is 12.5. The number of nitrogens with zero attached hydrogens (tertiary/aromatic N) is 2. The van der Waals surface area contributed by atoms with E-state index < -0.39 is 0 Å². The van der Waals surface area contributed by atoms with Crippen LogP contribution in [0.1, 0.15) is 34.5 Å². The number of benzene rings is 2. The first-order valence-electron chi connectivity index (χ1n) is 9.48. The first-order valence-corrected chi connectivity index (χ1v) is 9.48. The lowest BCUT2D eigenvalue weighted by Gasteiger charge is -2.08. The van der Waals surface area contributed by atoms with E-state index in [1.807, 2.05) is 42.8 Å². The van der Waals surface area contributed by atoms with Crippen LogP contribution in [0, 0.1) is 20.8 Å². The molecule has 0 saturated heterocycles. The van der Waals surface area contributed by atoms with E-state index in [9.17, 15) is 4.79 Å². The molecule has 5 nitrogen and oxygen atoms in total. The highest BCUT2D eigenvalue weighted by molar-refractivity contribution is 5.92. The molecule has 0 aliphatic heterocycles.